The van der Waals surface area contributed by atoms with Crippen molar-refractivity contribution >= 4 is 16.7 Å². The number of carbonyl (C=O) groups is 1. The van der Waals surface area contributed by atoms with Gasteiger partial charge in [0, 0.05) is 18.5 Å². The lowest BCUT2D eigenvalue weighted by molar-refractivity contribution is -0.0247. The lowest BCUT2D eigenvalue weighted by atomic mass is 10.1. The molecule has 1 unspecified atom stereocenters. The van der Waals surface area contributed by atoms with Crippen LogP contribution in [0.4, 0.5) is 0 Å². The highest BCUT2D eigenvalue weighted by molar-refractivity contribution is 5.96. The Morgan fingerprint density at radius 1 is 1.11 bits per heavy atom. The molecule has 1 saturated heterocycles. The molecule has 1 atom stereocenters. The Bertz CT molecular complexity index is 997. The Balaban J connectivity index is 1.46. The molecular weight excluding hydrogens is 340 g/mol. The predicted octanol–water partition coefficient (Wildman–Crippen LogP) is 3.00. The van der Waals surface area contributed by atoms with Crippen molar-refractivity contribution in [3.63, 3.8) is 0 Å². The molecule has 2 aromatic carbocycles. The lowest BCUT2D eigenvalue weighted by Gasteiger charge is -2.33. The Kier molecular flexibility index (Phi) is 5.03. The van der Waals surface area contributed by atoms with Gasteiger partial charge in [-0.05, 0) is 35.9 Å². The standard InChI is InChI=1S/C22H22N2O3/c25-21-19-9-5-4-8-17(19)14-20(23-21)22(26)24-12-13-27-18(15-24)11-10-16-6-2-1-3-7-16/h1-9,14,18H,10-13,15H2,(H,23,25). The molecule has 1 aliphatic heterocycles. The molecule has 5 heteroatoms. The lowest BCUT2D eigenvalue weighted by Crippen LogP contribution is -2.46. The minimum Gasteiger partial charge on any atom is -0.375 e. The van der Waals surface area contributed by atoms with Gasteiger partial charge >= 0.3 is 0 Å². The number of rotatable bonds is 4. The molecule has 1 aromatic heterocycles. The van der Waals surface area contributed by atoms with Crippen LogP contribution in [0.1, 0.15) is 22.5 Å². The molecule has 2 heterocycles. The predicted molar refractivity (Wildman–Crippen MR) is 105 cm³/mol. The van der Waals surface area contributed by atoms with E-state index < -0.39 is 0 Å². The SMILES string of the molecule is O=C(c1cc2ccccc2c(=O)[nH]1)N1CCOC(CCc2ccccc2)C1. The number of carbonyl (C=O) groups excluding carboxylic acids is 1. The summed E-state index contributed by atoms with van der Waals surface area (Å²) in [5.74, 6) is -0.147. The second kappa shape index (κ2) is 7.76. The van der Waals surface area contributed by atoms with Gasteiger partial charge < -0.3 is 14.6 Å². The molecule has 3 aromatic rings. The zero-order valence-corrected chi connectivity index (χ0v) is 15.1. The van der Waals surface area contributed by atoms with Crippen LogP contribution in [0.25, 0.3) is 10.8 Å². The molecule has 1 fully saturated rings. The summed E-state index contributed by atoms with van der Waals surface area (Å²) < 4.78 is 5.84. The molecule has 1 N–H and O–H groups in total. The Morgan fingerprint density at radius 3 is 2.74 bits per heavy atom. The number of aromatic nitrogens is 1. The number of morpholine rings is 1. The van der Waals surface area contributed by atoms with E-state index in [0.29, 0.717) is 30.8 Å². The van der Waals surface area contributed by atoms with Crippen molar-refractivity contribution in [2.45, 2.75) is 18.9 Å². The van der Waals surface area contributed by atoms with E-state index in [4.69, 9.17) is 4.74 Å². The maximum atomic E-state index is 12.9. The second-order valence-electron chi connectivity index (χ2n) is 6.87. The summed E-state index contributed by atoms with van der Waals surface area (Å²) in [7, 11) is 0. The van der Waals surface area contributed by atoms with Crippen molar-refractivity contribution in [3.8, 4) is 0 Å². The summed E-state index contributed by atoms with van der Waals surface area (Å²) in [6, 6.07) is 19.3. The highest BCUT2D eigenvalue weighted by Gasteiger charge is 2.25. The van der Waals surface area contributed by atoms with Gasteiger partial charge in [-0.3, -0.25) is 9.59 Å². The third kappa shape index (κ3) is 3.93. The van der Waals surface area contributed by atoms with Crippen molar-refractivity contribution in [2.24, 2.45) is 0 Å². The fraction of sp³-hybridized carbons (Fsp3) is 0.273. The highest BCUT2D eigenvalue weighted by atomic mass is 16.5. The summed E-state index contributed by atoms with van der Waals surface area (Å²) in [5, 5.41) is 1.37. The third-order valence-electron chi connectivity index (χ3n) is 5.01. The van der Waals surface area contributed by atoms with Crippen LogP contribution in [0.15, 0.2) is 65.5 Å². The molecule has 0 spiro atoms. The molecule has 0 radical (unpaired) electrons. The smallest absolute Gasteiger partial charge is 0.270 e. The first kappa shape index (κ1) is 17.5. The summed E-state index contributed by atoms with van der Waals surface area (Å²) >= 11 is 0. The number of amides is 1. The zero-order valence-electron chi connectivity index (χ0n) is 15.1. The average Bonchev–Trinajstić information content (AvgIpc) is 2.73. The molecule has 0 saturated carbocycles. The molecule has 27 heavy (non-hydrogen) atoms. The van der Waals surface area contributed by atoms with Crippen LogP contribution in [0.3, 0.4) is 0 Å². The number of hydrogen-bond acceptors (Lipinski definition) is 3. The molecule has 138 valence electrons. The molecule has 0 aliphatic carbocycles. The van der Waals surface area contributed by atoms with Gasteiger partial charge in [0.15, 0.2) is 0 Å². The number of H-pyrrole nitrogens is 1. The molecule has 4 rings (SSSR count). The van der Waals surface area contributed by atoms with E-state index >= 15 is 0 Å². The third-order valence-corrected chi connectivity index (χ3v) is 5.01. The number of nitrogens with zero attached hydrogens (tertiary/aromatic N) is 1. The number of benzene rings is 2. The van der Waals surface area contributed by atoms with Crippen molar-refractivity contribution in [2.75, 3.05) is 19.7 Å². The van der Waals surface area contributed by atoms with Crippen molar-refractivity contribution in [1.29, 1.82) is 0 Å². The molecule has 1 aliphatic rings. The maximum absolute atomic E-state index is 12.9. The first-order chi connectivity index (χ1) is 13.2. The first-order valence-electron chi connectivity index (χ1n) is 9.27. The molecule has 1 amide bonds. The van der Waals surface area contributed by atoms with E-state index in [-0.39, 0.29) is 17.6 Å². The molecule has 5 nitrogen and oxygen atoms in total. The van der Waals surface area contributed by atoms with Crippen LogP contribution < -0.4 is 5.56 Å². The number of aryl methyl sites for hydroxylation is 1. The van der Waals surface area contributed by atoms with Gasteiger partial charge in [-0.25, -0.2) is 0 Å². The van der Waals surface area contributed by atoms with E-state index in [2.05, 4.69) is 17.1 Å². The van der Waals surface area contributed by atoms with E-state index in [1.165, 1.54) is 5.56 Å². The van der Waals surface area contributed by atoms with Crippen LogP contribution in [-0.4, -0.2) is 41.6 Å². The number of pyridine rings is 1. The number of aromatic amines is 1. The number of nitrogens with one attached hydrogen (secondary N) is 1. The van der Waals surface area contributed by atoms with Gasteiger partial charge in [-0.15, -0.1) is 0 Å². The van der Waals surface area contributed by atoms with Gasteiger partial charge in [-0.1, -0.05) is 48.5 Å². The average molecular weight is 362 g/mol. The largest absolute Gasteiger partial charge is 0.375 e. The van der Waals surface area contributed by atoms with Crippen LogP contribution >= 0.6 is 0 Å². The van der Waals surface area contributed by atoms with E-state index in [9.17, 15) is 9.59 Å². The minimum atomic E-state index is -0.231. The first-order valence-corrected chi connectivity index (χ1v) is 9.27. The number of ether oxygens (including phenoxy) is 1. The summed E-state index contributed by atoms with van der Waals surface area (Å²) in [5.41, 5.74) is 1.37. The van der Waals surface area contributed by atoms with Crippen molar-refractivity contribution < 1.29 is 9.53 Å². The Hall–Kier alpha value is -2.92. The summed E-state index contributed by atoms with van der Waals surface area (Å²) in [6.45, 7) is 1.60. The summed E-state index contributed by atoms with van der Waals surface area (Å²) in [6.07, 6.45) is 1.79. The van der Waals surface area contributed by atoms with Crippen molar-refractivity contribution in [1.82, 2.24) is 9.88 Å². The maximum Gasteiger partial charge on any atom is 0.270 e. The fourth-order valence-corrected chi connectivity index (χ4v) is 3.55. The molecular formula is C22H22N2O3. The minimum absolute atomic E-state index is 0.00934. The highest BCUT2D eigenvalue weighted by Crippen LogP contribution is 2.16. The van der Waals surface area contributed by atoms with Gasteiger partial charge in [0.1, 0.15) is 5.69 Å². The Labute approximate surface area is 157 Å². The normalized spacial score (nSPS) is 17.2. The molecule has 0 bridgehead atoms. The number of hydrogen-bond donors (Lipinski definition) is 1. The second-order valence-corrected chi connectivity index (χ2v) is 6.87. The quantitative estimate of drug-likeness (QED) is 0.776. The van der Waals surface area contributed by atoms with Gasteiger partial charge in [-0.2, -0.15) is 0 Å². The van der Waals surface area contributed by atoms with Gasteiger partial charge in [0.25, 0.3) is 11.5 Å². The van der Waals surface area contributed by atoms with E-state index in [1.54, 1.807) is 17.0 Å². The summed E-state index contributed by atoms with van der Waals surface area (Å²) in [4.78, 5) is 29.7. The van der Waals surface area contributed by atoms with Crippen LogP contribution in [0.2, 0.25) is 0 Å². The van der Waals surface area contributed by atoms with Gasteiger partial charge in [0.2, 0.25) is 0 Å². The van der Waals surface area contributed by atoms with Crippen LogP contribution in [0.5, 0.6) is 0 Å². The van der Waals surface area contributed by atoms with Gasteiger partial charge in [0.05, 0.1) is 12.7 Å². The number of fused-ring (bicyclic) bond motifs is 1. The van der Waals surface area contributed by atoms with E-state index in [0.717, 1.165) is 18.2 Å². The Morgan fingerprint density at radius 2 is 1.89 bits per heavy atom. The monoisotopic (exact) mass is 362 g/mol. The fourth-order valence-electron chi connectivity index (χ4n) is 3.55. The van der Waals surface area contributed by atoms with Crippen molar-refractivity contribution in [3.05, 3.63) is 82.3 Å². The van der Waals surface area contributed by atoms with Crippen LogP contribution in [0, 0.1) is 0 Å². The van der Waals surface area contributed by atoms with Crippen LogP contribution in [-0.2, 0) is 11.2 Å². The van der Waals surface area contributed by atoms with E-state index in [1.807, 2.05) is 36.4 Å². The zero-order chi connectivity index (χ0) is 18.6. The topological polar surface area (TPSA) is 62.4 Å².